The fraction of sp³-hybridized carbons (Fsp3) is 0.286. The summed E-state index contributed by atoms with van der Waals surface area (Å²) in [5.41, 5.74) is 13.8. The number of carbonyl (C=O) groups excluding carboxylic acids is 3. The van der Waals surface area contributed by atoms with Crippen LogP contribution >= 0.6 is 136 Å². The summed E-state index contributed by atoms with van der Waals surface area (Å²) in [6.45, 7) is -1.89. The lowest BCUT2D eigenvalue weighted by Gasteiger charge is -2.21. The molecule has 0 heterocycles. The highest BCUT2D eigenvalue weighted by atomic mass is 127. The van der Waals surface area contributed by atoms with Gasteiger partial charge in [0.1, 0.15) is 0 Å². The van der Waals surface area contributed by atoms with E-state index < -0.39 is 56.4 Å². The molecule has 0 aliphatic carbocycles. The van der Waals surface area contributed by atoms with E-state index in [-0.39, 0.29) is 33.9 Å². The van der Waals surface area contributed by atoms with E-state index in [0.717, 1.165) is 0 Å². The first-order valence-electron chi connectivity index (χ1n) is 10.8. The standard InChI is InChI=1S/C21H22I6N6O7/c22-9-7(19(38)30-5(1-34)2-35)11(24)17(13(26)15(9)28)32-21(40)33-18-12(25)8(10(23)16(29)14(18)27)20(39)31-6(3-36)4-37/h5-6,34-37H,1-4,28-29H2,(H,30,38)(H,31,39)(H2,32,33,40). The van der Waals surface area contributed by atoms with Crippen molar-refractivity contribution in [1.82, 2.24) is 10.6 Å². The van der Waals surface area contributed by atoms with Gasteiger partial charge in [-0.15, -0.1) is 0 Å². The van der Waals surface area contributed by atoms with Gasteiger partial charge in [0.25, 0.3) is 11.8 Å². The number of halogens is 6. The van der Waals surface area contributed by atoms with Gasteiger partial charge < -0.3 is 53.2 Å². The molecule has 0 spiro atoms. The highest BCUT2D eigenvalue weighted by molar-refractivity contribution is 14.1. The van der Waals surface area contributed by atoms with Crippen LogP contribution in [0.3, 0.4) is 0 Å². The average Bonchev–Trinajstić information content (AvgIpc) is 2.92. The Hall–Kier alpha value is 0.470. The quantitative estimate of drug-likeness (QED) is 0.124. The first kappa shape index (κ1) is 36.7. The number of hydrogen-bond acceptors (Lipinski definition) is 9. The third-order valence-electron chi connectivity index (χ3n) is 5.18. The van der Waals surface area contributed by atoms with E-state index in [4.69, 9.17) is 11.5 Å². The molecule has 4 amide bonds. The third-order valence-corrected chi connectivity index (χ3v) is 11.8. The van der Waals surface area contributed by atoms with E-state index in [1.165, 1.54) is 0 Å². The zero-order valence-electron chi connectivity index (χ0n) is 19.9. The number of amides is 4. The van der Waals surface area contributed by atoms with Gasteiger partial charge in [0.15, 0.2) is 0 Å². The van der Waals surface area contributed by atoms with Crippen LogP contribution in [0.5, 0.6) is 0 Å². The molecule has 40 heavy (non-hydrogen) atoms. The number of aliphatic hydroxyl groups is 4. The van der Waals surface area contributed by atoms with Gasteiger partial charge in [0.05, 0.1) is 93.8 Å². The van der Waals surface area contributed by atoms with Crippen molar-refractivity contribution in [3.8, 4) is 0 Å². The van der Waals surface area contributed by atoms with Crippen molar-refractivity contribution in [3.63, 3.8) is 0 Å². The van der Waals surface area contributed by atoms with Crippen LogP contribution < -0.4 is 32.7 Å². The van der Waals surface area contributed by atoms with Crippen molar-refractivity contribution in [2.45, 2.75) is 12.1 Å². The summed E-state index contributed by atoms with van der Waals surface area (Å²) >= 11 is 11.5. The van der Waals surface area contributed by atoms with Crippen LogP contribution in [0.1, 0.15) is 20.7 Å². The molecular formula is C21H22I6N6O7. The minimum Gasteiger partial charge on any atom is -0.397 e. The van der Waals surface area contributed by atoms with Gasteiger partial charge in [0, 0.05) is 0 Å². The fourth-order valence-electron chi connectivity index (χ4n) is 3.06. The number of aliphatic hydroxyl groups excluding tert-OH is 4. The van der Waals surface area contributed by atoms with Crippen LogP contribution in [0.4, 0.5) is 27.5 Å². The predicted octanol–water partition coefficient (Wildman–Crippen LogP) is 2.29. The van der Waals surface area contributed by atoms with Gasteiger partial charge in [-0.1, -0.05) is 0 Å². The van der Waals surface area contributed by atoms with Crippen LogP contribution in [0, 0.1) is 21.4 Å². The molecule has 2 aromatic rings. The van der Waals surface area contributed by atoms with Gasteiger partial charge in [0.2, 0.25) is 0 Å². The van der Waals surface area contributed by atoms with Crippen molar-refractivity contribution in [2.75, 3.05) is 48.5 Å². The van der Waals surface area contributed by atoms with Crippen molar-refractivity contribution < 1.29 is 34.8 Å². The van der Waals surface area contributed by atoms with Crippen molar-refractivity contribution in [3.05, 3.63) is 32.5 Å². The predicted molar refractivity (Wildman–Crippen MR) is 202 cm³/mol. The van der Waals surface area contributed by atoms with Gasteiger partial charge in [-0.25, -0.2) is 4.79 Å². The number of rotatable bonds is 10. The molecule has 0 saturated carbocycles. The summed E-state index contributed by atoms with van der Waals surface area (Å²) < 4.78 is 2.55. The molecule has 2 aromatic carbocycles. The second kappa shape index (κ2) is 16.5. The zero-order chi connectivity index (χ0) is 30.5. The topological polar surface area (TPSA) is 232 Å². The van der Waals surface area contributed by atoms with Crippen LogP contribution in [-0.2, 0) is 0 Å². The van der Waals surface area contributed by atoms with Crippen LogP contribution in [-0.4, -0.2) is 76.8 Å². The number of nitrogens with one attached hydrogen (secondary N) is 4. The van der Waals surface area contributed by atoms with E-state index in [1.54, 1.807) is 0 Å². The number of nitrogen functional groups attached to an aromatic ring is 2. The Morgan fingerprint density at radius 3 is 1.15 bits per heavy atom. The average molecular weight is 1230 g/mol. The Kier molecular flexibility index (Phi) is 15.1. The molecule has 13 nitrogen and oxygen atoms in total. The number of urea groups is 1. The Morgan fingerprint density at radius 2 is 0.875 bits per heavy atom. The summed E-state index contributed by atoms with van der Waals surface area (Å²) in [6.07, 6.45) is 0. The number of carbonyl (C=O) groups is 3. The molecule has 0 radical (unpaired) electrons. The van der Waals surface area contributed by atoms with E-state index in [0.29, 0.717) is 21.4 Å². The highest BCUT2D eigenvalue weighted by Crippen LogP contribution is 2.39. The molecule has 2 rings (SSSR count). The normalized spacial score (nSPS) is 11.1. The van der Waals surface area contributed by atoms with Crippen LogP contribution in [0.25, 0.3) is 0 Å². The van der Waals surface area contributed by atoms with E-state index in [2.05, 4.69) is 21.3 Å². The SMILES string of the molecule is Nc1c(I)c(NC(=O)Nc2c(I)c(N)c(I)c(C(=O)NC(CO)CO)c2I)c(I)c(C(=O)NC(CO)CO)c1I. The molecule has 0 bridgehead atoms. The lowest BCUT2D eigenvalue weighted by atomic mass is 10.1. The Bertz CT molecular complexity index is 1230. The van der Waals surface area contributed by atoms with Gasteiger partial charge in [-0.3, -0.25) is 9.59 Å². The largest absolute Gasteiger partial charge is 0.397 e. The highest BCUT2D eigenvalue weighted by Gasteiger charge is 2.28. The van der Waals surface area contributed by atoms with Crippen LogP contribution in [0.15, 0.2) is 0 Å². The number of anilines is 4. The molecule has 0 aliphatic rings. The molecule has 19 heteroatoms. The molecule has 0 unspecified atom stereocenters. The molecule has 220 valence electrons. The summed E-state index contributed by atoms with van der Waals surface area (Å²) in [5, 5.41) is 47.9. The Labute approximate surface area is 310 Å². The Morgan fingerprint density at radius 1 is 0.575 bits per heavy atom. The first-order chi connectivity index (χ1) is 18.7. The van der Waals surface area contributed by atoms with Gasteiger partial charge in [-0.2, -0.15) is 0 Å². The number of benzene rings is 2. The second-order valence-corrected chi connectivity index (χ2v) is 14.3. The summed E-state index contributed by atoms with van der Waals surface area (Å²) in [7, 11) is 0. The molecule has 0 aromatic heterocycles. The maximum atomic E-state index is 13.2. The maximum Gasteiger partial charge on any atom is 0.323 e. The summed E-state index contributed by atoms with van der Waals surface area (Å²) in [5.74, 6) is -1.19. The van der Waals surface area contributed by atoms with Crippen molar-refractivity contribution >= 4 is 176 Å². The lowest BCUT2D eigenvalue weighted by molar-refractivity contribution is 0.0872. The van der Waals surface area contributed by atoms with E-state index >= 15 is 0 Å². The molecule has 0 fully saturated rings. The first-order valence-corrected chi connectivity index (χ1v) is 17.3. The number of nitrogens with two attached hydrogens (primary N) is 2. The summed E-state index contributed by atoms with van der Waals surface area (Å²) in [4.78, 5) is 39.2. The zero-order valence-corrected chi connectivity index (χ0v) is 32.9. The molecular weight excluding hydrogens is 1210 g/mol. The van der Waals surface area contributed by atoms with Gasteiger partial charge >= 0.3 is 6.03 Å². The van der Waals surface area contributed by atoms with Crippen molar-refractivity contribution in [2.24, 2.45) is 0 Å². The third kappa shape index (κ3) is 8.34. The second-order valence-electron chi connectivity index (χ2n) is 7.86. The monoisotopic (exact) mass is 1230 g/mol. The van der Waals surface area contributed by atoms with Crippen LogP contribution in [0.2, 0.25) is 0 Å². The maximum absolute atomic E-state index is 13.2. The Balaban J connectivity index is 2.50. The minimum absolute atomic E-state index is 0.158. The van der Waals surface area contributed by atoms with E-state index in [1.807, 2.05) is 136 Å². The van der Waals surface area contributed by atoms with Gasteiger partial charge in [-0.05, 0) is 136 Å². The number of hydrogen-bond donors (Lipinski definition) is 10. The fourth-order valence-corrected chi connectivity index (χ4v) is 10.9. The minimum atomic E-state index is -0.883. The molecule has 12 N–H and O–H groups in total. The summed E-state index contributed by atoms with van der Waals surface area (Å²) in [6, 6.07) is -2.48. The molecule has 0 aliphatic heterocycles. The molecule has 0 saturated heterocycles. The van der Waals surface area contributed by atoms with Crippen molar-refractivity contribution in [1.29, 1.82) is 0 Å². The van der Waals surface area contributed by atoms with E-state index in [9.17, 15) is 34.8 Å². The smallest absolute Gasteiger partial charge is 0.323 e. The lowest BCUT2D eigenvalue weighted by Crippen LogP contribution is -2.41. The molecule has 0 atom stereocenters.